The van der Waals surface area contributed by atoms with Gasteiger partial charge in [0.1, 0.15) is 11.3 Å². The number of aliphatic carboxylic acids is 1. The molecule has 0 aliphatic heterocycles. The van der Waals surface area contributed by atoms with Crippen molar-refractivity contribution in [3.8, 4) is 5.75 Å². The minimum Gasteiger partial charge on any atom is -0.497 e. The predicted molar refractivity (Wildman–Crippen MR) is 96.7 cm³/mol. The third-order valence-electron chi connectivity index (χ3n) is 5.52. The summed E-state index contributed by atoms with van der Waals surface area (Å²) in [6.45, 7) is 6.26. The molecule has 0 heterocycles. The van der Waals surface area contributed by atoms with Gasteiger partial charge in [0.05, 0.1) is 13.5 Å². The molecule has 1 aromatic carbocycles. The number of carbonyl (C=O) groups excluding carboxylic acids is 1. The molecular formula is C20H29NO4. The lowest BCUT2D eigenvalue weighted by atomic mass is 9.72. The fraction of sp³-hybridized carbons (Fsp3) is 0.600. The van der Waals surface area contributed by atoms with Crippen LogP contribution in [0, 0.1) is 18.8 Å². The Bertz CT molecular complexity index is 631. The second-order valence-corrected chi connectivity index (χ2v) is 7.49. The van der Waals surface area contributed by atoms with Crippen molar-refractivity contribution in [2.45, 2.75) is 58.4 Å². The summed E-state index contributed by atoms with van der Waals surface area (Å²) < 4.78 is 5.17. The summed E-state index contributed by atoms with van der Waals surface area (Å²) in [5, 5.41) is 12.5. The number of carbonyl (C=O) groups is 2. The highest BCUT2D eigenvalue weighted by molar-refractivity contribution is 5.88. The molecule has 2 N–H and O–H groups in total. The highest BCUT2D eigenvalue weighted by atomic mass is 16.5. The van der Waals surface area contributed by atoms with Crippen LogP contribution in [0.2, 0.25) is 0 Å². The second kappa shape index (κ2) is 7.89. The second-order valence-electron chi connectivity index (χ2n) is 7.49. The summed E-state index contributed by atoms with van der Waals surface area (Å²) in [6.07, 6.45) is 2.85. The van der Waals surface area contributed by atoms with Crippen LogP contribution in [0.5, 0.6) is 5.75 Å². The topological polar surface area (TPSA) is 75.6 Å². The van der Waals surface area contributed by atoms with E-state index in [4.69, 9.17) is 4.74 Å². The van der Waals surface area contributed by atoms with E-state index in [0.717, 1.165) is 29.7 Å². The van der Waals surface area contributed by atoms with Gasteiger partial charge < -0.3 is 15.2 Å². The van der Waals surface area contributed by atoms with Gasteiger partial charge in [-0.3, -0.25) is 4.79 Å². The summed E-state index contributed by atoms with van der Waals surface area (Å²) in [5.41, 5.74) is 0.722. The predicted octanol–water partition coefficient (Wildman–Crippen LogP) is 3.33. The van der Waals surface area contributed by atoms with Crippen LogP contribution in [-0.2, 0) is 16.0 Å². The number of rotatable bonds is 6. The number of amides is 1. The Hall–Kier alpha value is -2.04. The first-order chi connectivity index (χ1) is 11.8. The van der Waals surface area contributed by atoms with Crippen LogP contribution in [0.15, 0.2) is 18.2 Å². The molecule has 0 saturated heterocycles. The van der Waals surface area contributed by atoms with E-state index in [2.05, 4.69) is 19.2 Å². The number of carboxylic acid groups (broad SMARTS) is 1. The van der Waals surface area contributed by atoms with E-state index in [0.29, 0.717) is 24.7 Å². The van der Waals surface area contributed by atoms with E-state index in [1.165, 1.54) is 0 Å². The smallest absolute Gasteiger partial charge is 0.329 e. The SMILES string of the molecule is COc1ccc(CC(=O)NC2(C(=O)O)CCC(C(C)C)CC2)c(C)c1. The van der Waals surface area contributed by atoms with Crippen molar-refractivity contribution < 1.29 is 19.4 Å². The van der Waals surface area contributed by atoms with Crippen molar-refractivity contribution in [2.75, 3.05) is 7.11 Å². The molecule has 5 heteroatoms. The average molecular weight is 347 g/mol. The lowest BCUT2D eigenvalue weighted by Crippen LogP contribution is -2.57. The molecule has 1 saturated carbocycles. The van der Waals surface area contributed by atoms with Crippen molar-refractivity contribution in [1.29, 1.82) is 0 Å². The highest BCUT2D eigenvalue weighted by Crippen LogP contribution is 2.36. The van der Waals surface area contributed by atoms with E-state index in [-0.39, 0.29) is 12.3 Å². The van der Waals surface area contributed by atoms with Gasteiger partial charge in [-0.25, -0.2) is 4.79 Å². The van der Waals surface area contributed by atoms with Crippen LogP contribution in [0.25, 0.3) is 0 Å². The van der Waals surface area contributed by atoms with Gasteiger partial charge in [0, 0.05) is 0 Å². The Morgan fingerprint density at radius 3 is 2.44 bits per heavy atom. The molecule has 25 heavy (non-hydrogen) atoms. The Balaban J connectivity index is 2.05. The molecule has 0 unspecified atom stereocenters. The quantitative estimate of drug-likeness (QED) is 0.827. The lowest BCUT2D eigenvalue weighted by Gasteiger charge is -2.38. The largest absolute Gasteiger partial charge is 0.497 e. The first kappa shape index (κ1) is 19.3. The third-order valence-corrected chi connectivity index (χ3v) is 5.52. The van der Waals surface area contributed by atoms with Crippen LogP contribution < -0.4 is 10.1 Å². The standard InChI is InChI=1S/C20H29NO4/c1-13(2)15-7-9-20(10-8-15,19(23)24)21-18(22)12-16-5-6-17(25-4)11-14(16)3/h5-6,11,13,15H,7-10,12H2,1-4H3,(H,21,22)(H,23,24). The van der Waals surface area contributed by atoms with Crippen molar-refractivity contribution in [1.82, 2.24) is 5.32 Å². The number of nitrogens with one attached hydrogen (secondary N) is 1. The van der Waals surface area contributed by atoms with Crippen molar-refractivity contribution >= 4 is 11.9 Å². The molecule has 1 aromatic rings. The summed E-state index contributed by atoms with van der Waals surface area (Å²) >= 11 is 0. The van der Waals surface area contributed by atoms with Gasteiger partial charge in [-0.2, -0.15) is 0 Å². The molecule has 0 spiro atoms. The Labute approximate surface area is 149 Å². The van der Waals surface area contributed by atoms with E-state index in [1.54, 1.807) is 7.11 Å². The molecule has 138 valence electrons. The molecule has 1 aliphatic carbocycles. The van der Waals surface area contributed by atoms with Gasteiger partial charge >= 0.3 is 5.97 Å². The zero-order valence-corrected chi connectivity index (χ0v) is 15.6. The first-order valence-electron chi connectivity index (χ1n) is 8.95. The van der Waals surface area contributed by atoms with Crippen LogP contribution >= 0.6 is 0 Å². The lowest BCUT2D eigenvalue weighted by molar-refractivity contribution is -0.149. The normalized spacial score (nSPS) is 23.3. The monoisotopic (exact) mass is 347 g/mol. The first-order valence-corrected chi connectivity index (χ1v) is 8.95. The van der Waals surface area contributed by atoms with E-state index < -0.39 is 11.5 Å². The minimum absolute atomic E-state index is 0.179. The fourth-order valence-corrected chi connectivity index (χ4v) is 3.67. The maximum Gasteiger partial charge on any atom is 0.329 e. The highest BCUT2D eigenvalue weighted by Gasteiger charge is 2.43. The fourth-order valence-electron chi connectivity index (χ4n) is 3.67. The van der Waals surface area contributed by atoms with Crippen molar-refractivity contribution in [3.63, 3.8) is 0 Å². The van der Waals surface area contributed by atoms with Gasteiger partial charge in [-0.1, -0.05) is 19.9 Å². The number of benzene rings is 1. The van der Waals surface area contributed by atoms with Crippen molar-refractivity contribution in [2.24, 2.45) is 11.8 Å². The number of methoxy groups -OCH3 is 1. The third kappa shape index (κ3) is 4.53. The van der Waals surface area contributed by atoms with Crippen LogP contribution in [-0.4, -0.2) is 29.6 Å². The molecule has 0 atom stereocenters. The van der Waals surface area contributed by atoms with Gasteiger partial charge in [0.2, 0.25) is 5.91 Å². The molecule has 1 fully saturated rings. The molecule has 1 aliphatic rings. The molecule has 5 nitrogen and oxygen atoms in total. The summed E-state index contributed by atoms with van der Waals surface area (Å²) in [4.78, 5) is 24.4. The van der Waals surface area contributed by atoms with Crippen LogP contribution in [0.4, 0.5) is 0 Å². The molecule has 1 amide bonds. The molecule has 2 rings (SSSR count). The van der Waals surface area contributed by atoms with Gasteiger partial charge in [0.25, 0.3) is 0 Å². The van der Waals surface area contributed by atoms with Crippen LogP contribution in [0.1, 0.15) is 50.7 Å². The molecular weight excluding hydrogens is 318 g/mol. The number of carboxylic acids is 1. The van der Waals surface area contributed by atoms with Gasteiger partial charge in [-0.05, 0) is 67.7 Å². The number of hydrogen-bond acceptors (Lipinski definition) is 3. The summed E-state index contributed by atoms with van der Waals surface area (Å²) in [7, 11) is 1.60. The average Bonchev–Trinajstić information content (AvgIpc) is 2.56. The number of aryl methyl sites for hydroxylation is 1. The van der Waals surface area contributed by atoms with Gasteiger partial charge in [-0.15, -0.1) is 0 Å². The number of ether oxygens (including phenoxy) is 1. The molecule has 0 radical (unpaired) electrons. The van der Waals surface area contributed by atoms with Crippen LogP contribution in [0.3, 0.4) is 0 Å². The number of hydrogen-bond donors (Lipinski definition) is 2. The van der Waals surface area contributed by atoms with E-state index in [1.807, 2.05) is 25.1 Å². The maximum absolute atomic E-state index is 12.5. The molecule has 0 aromatic heterocycles. The Kier molecular flexibility index (Phi) is 6.09. The summed E-state index contributed by atoms with van der Waals surface area (Å²) in [6, 6.07) is 5.55. The van der Waals surface area contributed by atoms with Gasteiger partial charge in [0.15, 0.2) is 0 Å². The van der Waals surface area contributed by atoms with E-state index in [9.17, 15) is 14.7 Å². The molecule has 0 bridgehead atoms. The summed E-state index contributed by atoms with van der Waals surface area (Å²) in [5.74, 6) is 0.668. The van der Waals surface area contributed by atoms with Crippen molar-refractivity contribution in [3.05, 3.63) is 29.3 Å². The Morgan fingerprint density at radius 2 is 1.96 bits per heavy atom. The van der Waals surface area contributed by atoms with E-state index >= 15 is 0 Å². The zero-order chi connectivity index (χ0) is 18.6. The zero-order valence-electron chi connectivity index (χ0n) is 15.6. The Morgan fingerprint density at radius 1 is 1.32 bits per heavy atom. The minimum atomic E-state index is -1.12. The maximum atomic E-state index is 12.5.